The Morgan fingerprint density at radius 3 is 2.68 bits per heavy atom. The zero-order valence-electron chi connectivity index (χ0n) is 16.6. The highest BCUT2D eigenvalue weighted by Gasteiger charge is 2.25. The second-order valence-corrected chi connectivity index (χ2v) is 8.68. The molecule has 1 aromatic rings. The summed E-state index contributed by atoms with van der Waals surface area (Å²) in [4.78, 5) is 13.8. The molecule has 0 bridgehead atoms. The third-order valence-electron chi connectivity index (χ3n) is 4.86. The number of nitrogens with one attached hydrogen (secondary N) is 1. The number of carbonyl (C=O) groups is 1. The van der Waals surface area contributed by atoms with Gasteiger partial charge in [0.2, 0.25) is 0 Å². The molecule has 1 amide bonds. The van der Waals surface area contributed by atoms with E-state index in [1.165, 1.54) is 19.3 Å². The molecule has 3 atom stereocenters. The van der Waals surface area contributed by atoms with Gasteiger partial charge < -0.3 is 15.0 Å². The number of anilines is 1. The molecule has 1 saturated carbocycles. The van der Waals surface area contributed by atoms with E-state index in [2.05, 4.69) is 43.4 Å². The highest BCUT2D eigenvalue weighted by Crippen LogP contribution is 2.30. The van der Waals surface area contributed by atoms with Gasteiger partial charge in [-0.05, 0) is 63.1 Å². The second-order valence-electron chi connectivity index (χ2n) is 8.68. The minimum Gasteiger partial charge on any atom is -0.444 e. The van der Waals surface area contributed by atoms with Crippen LogP contribution >= 0.6 is 0 Å². The summed E-state index contributed by atoms with van der Waals surface area (Å²) in [6.07, 6.45) is 3.56. The fraction of sp³-hybridized carbons (Fsp3) is 0.667. The summed E-state index contributed by atoms with van der Waals surface area (Å²) < 4.78 is 5.42. The first-order chi connectivity index (χ1) is 11.6. The van der Waals surface area contributed by atoms with E-state index in [1.54, 1.807) is 11.9 Å². The Labute approximate surface area is 152 Å². The smallest absolute Gasteiger partial charge is 0.410 e. The van der Waals surface area contributed by atoms with E-state index in [0.717, 1.165) is 17.2 Å². The number of hydrogen-bond acceptors (Lipinski definition) is 3. The normalized spacial score (nSPS) is 23.8. The summed E-state index contributed by atoms with van der Waals surface area (Å²) in [5.74, 6) is 1.49. The molecule has 0 radical (unpaired) electrons. The SMILES string of the molecule is CC1CCC(C)C(Nc2cccc(CN(C)C(=O)OC(C)(C)C)c2)C1. The van der Waals surface area contributed by atoms with Gasteiger partial charge in [0.15, 0.2) is 0 Å². The van der Waals surface area contributed by atoms with Crippen LogP contribution < -0.4 is 5.32 Å². The number of nitrogens with zero attached hydrogens (tertiary/aromatic N) is 1. The molecule has 0 aromatic heterocycles. The average molecular weight is 347 g/mol. The number of ether oxygens (including phenoxy) is 1. The summed E-state index contributed by atoms with van der Waals surface area (Å²) in [6, 6.07) is 8.90. The van der Waals surface area contributed by atoms with Crippen LogP contribution in [0.1, 0.15) is 59.4 Å². The molecule has 4 nitrogen and oxygen atoms in total. The first kappa shape index (κ1) is 19.6. The predicted octanol–water partition coefficient (Wildman–Crippen LogP) is 5.29. The van der Waals surface area contributed by atoms with Crippen molar-refractivity contribution in [3.63, 3.8) is 0 Å². The van der Waals surface area contributed by atoms with Crippen molar-refractivity contribution in [3.8, 4) is 0 Å². The molecular weight excluding hydrogens is 312 g/mol. The lowest BCUT2D eigenvalue weighted by Gasteiger charge is -2.34. The van der Waals surface area contributed by atoms with E-state index < -0.39 is 5.60 Å². The maximum absolute atomic E-state index is 12.1. The summed E-state index contributed by atoms with van der Waals surface area (Å²) in [5.41, 5.74) is 1.78. The molecule has 1 aliphatic carbocycles. The Bertz CT molecular complexity index is 580. The summed E-state index contributed by atoms with van der Waals surface area (Å²) >= 11 is 0. The zero-order chi connectivity index (χ0) is 18.6. The molecule has 0 spiro atoms. The number of hydrogen-bond donors (Lipinski definition) is 1. The number of amides is 1. The zero-order valence-corrected chi connectivity index (χ0v) is 16.6. The van der Waals surface area contributed by atoms with Gasteiger partial charge in [-0.25, -0.2) is 4.79 Å². The van der Waals surface area contributed by atoms with Crippen molar-refractivity contribution in [1.29, 1.82) is 0 Å². The summed E-state index contributed by atoms with van der Waals surface area (Å²) in [7, 11) is 1.78. The Hall–Kier alpha value is -1.71. The van der Waals surface area contributed by atoms with Crippen LogP contribution in [0, 0.1) is 11.8 Å². The Balaban J connectivity index is 1.97. The fourth-order valence-electron chi connectivity index (χ4n) is 3.39. The van der Waals surface area contributed by atoms with Crippen molar-refractivity contribution in [3.05, 3.63) is 29.8 Å². The number of rotatable bonds is 4. The van der Waals surface area contributed by atoms with E-state index in [1.807, 2.05) is 20.8 Å². The molecule has 1 fully saturated rings. The van der Waals surface area contributed by atoms with Crippen molar-refractivity contribution >= 4 is 11.8 Å². The third-order valence-corrected chi connectivity index (χ3v) is 4.86. The highest BCUT2D eigenvalue weighted by atomic mass is 16.6. The van der Waals surface area contributed by atoms with E-state index in [9.17, 15) is 4.79 Å². The maximum atomic E-state index is 12.1. The van der Waals surface area contributed by atoms with Crippen LogP contribution in [-0.4, -0.2) is 29.7 Å². The number of carbonyl (C=O) groups excluding carboxylic acids is 1. The van der Waals surface area contributed by atoms with Crippen molar-refractivity contribution < 1.29 is 9.53 Å². The molecule has 0 aliphatic heterocycles. The van der Waals surface area contributed by atoms with Crippen molar-refractivity contribution in [2.45, 2.75) is 72.1 Å². The monoisotopic (exact) mass is 346 g/mol. The second kappa shape index (κ2) is 8.11. The first-order valence-corrected chi connectivity index (χ1v) is 9.43. The molecule has 1 aromatic carbocycles. The van der Waals surface area contributed by atoms with Gasteiger partial charge >= 0.3 is 6.09 Å². The summed E-state index contributed by atoms with van der Waals surface area (Å²) in [5, 5.41) is 3.71. The minimum absolute atomic E-state index is 0.291. The van der Waals surface area contributed by atoms with Crippen LogP contribution in [0.4, 0.5) is 10.5 Å². The third kappa shape index (κ3) is 6.26. The van der Waals surface area contributed by atoms with Crippen LogP contribution in [0.5, 0.6) is 0 Å². The van der Waals surface area contributed by atoms with Crippen molar-refractivity contribution in [1.82, 2.24) is 4.90 Å². The maximum Gasteiger partial charge on any atom is 0.410 e. The van der Waals surface area contributed by atoms with Crippen LogP contribution in [0.3, 0.4) is 0 Å². The molecule has 1 aliphatic rings. The predicted molar refractivity (Wildman–Crippen MR) is 104 cm³/mol. The molecule has 3 unspecified atom stereocenters. The van der Waals surface area contributed by atoms with E-state index in [4.69, 9.17) is 4.74 Å². The average Bonchev–Trinajstić information content (AvgIpc) is 2.49. The molecule has 140 valence electrons. The van der Waals surface area contributed by atoms with Crippen LogP contribution in [-0.2, 0) is 11.3 Å². The van der Waals surface area contributed by atoms with Crippen LogP contribution in [0.2, 0.25) is 0 Å². The Morgan fingerprint density at radius 2 is 2.00 bits per heavy atom. The molecule has 0 saturated heterocycles. The lowest BCUT2D eigenvalue weighted by molar-refractivity contribution is 0.0285. The van der Waals surface area contributed by atoms with Gasteiger partial charge in [-0.2, -0.15) is 0 Å². The van der Waals surface area contributed by atoms with Gasteiger partial charge in [0, 0.05) is 25.3 Å². The van der Waals surface area contributed by atoms with Crippen molar-refractivity contribution in [2.75, 3.05) is 12.4 Å². The lowest BCUT2D eigenvalue weighted by Crippen LogP contribution is -2.34. The molecule has 1 N–H and O–H groups in total. The van der Waals surface area contributed by atoms with Gasteiger partial charge in [0.05, 0.1) is 0 Å². The minimum atomic E-state index is -0.470. The fourth-order valence-corrected chi connectivity index (χ4v) is 3.39. The number of benzene rings is 1. The molecule has 25 heavy (non-hydrogen) atoms. The molecule has 2 rings (SSSR count). The largest absolute Gasteiger partial charge is 0.444 e. The standard InChI is InChI=1S/C21H34N2O2/c1-15-10-11-16(2)19(12-15)22-18-9-7-8-17(13-18)14-23(6)20(24)25-21(3,4)5/h7-9,13,15-16,19,22H,10-12,14H2,1-6H3. The van der Waals surface area contributed by atoms with Gasteiger partial charge in [-0.1, -0.05) is 32.4 Å². The van der Waals surface area contributed by atoms with Crippen LogP contribution in [0.15, 0.2) is 24.3 Å². The first-order valence-electron chi connectivity index (χ1n) is 9.43. The molecule has 4 heteroatoms. The molecule has 0 heterocycles. The molecular formula is C21H34N2O2. The van der Waals surface area contributed by atoms with Crippen molar-refractivity contribution in [2.24, 2.45) is 11.8 Å². The van der Waals surface area contributed by atoms with Crippen LogP contribution in [0.25, 0.3) is 0 Å². The highest BCUT2D eigenvalue weighted by molar-refractivity contribution is 5.67. The Kier molecular flexibility index (Phi) is 6.36. The van der Waals surface area contributed by atoms with Gasteiger partial charge in [0.1, 0.15) is 5.60 Å². The van der Waals surface area contributed by atoms with Gasteiger partial charge in [-0.3, -0.25) is 0 Å². The summed E-state index contributed by atoms with van der Waals surface area (Å²) in [6.45, 7) is 10.9. The van der Waals surface area contributed by atoms with E-state index in [-0.39, 0.29) is 6.09 Å². The lowest BCUT2D eigenvalue weighted by atomic mass is 9.80. The van der Waals surface area contributed by atoms with E-state index in [0.29, 0.717) is 18.5 Å². The van der Waals surface area contributed by atoms with Gasteiger partial charge in [-0.15, -0.1) is 0 Å². The topological polar surface area (TPSA) is 41.6 Å². The van der Waals surface area contributed by atoms with E-state index >= 15 is 0 Å². The quantitative estimate of drug-likeness (QED) is 0.805. The van der Waals surface area contributed by atoms with Gasteiger partial charge in [0.25, 0.3) is 0 Å². The Morgan fingerprint density at radius 1 is 1.28 bits per heavy atom.